The molecule has 0 saturated carbocycles. The molecule has 6 nitrogen and oxygen atoms in total. The van der Waals surface area contributed by atoms with E-state index in [9.17, 15) is 13.2 Å². The lowest BCUT2D eigenvalue weighted by atomic mass is 10.1. The smallest absolute Gasteiger partial charge is 0.371 e. The van der Waals surface area contributed by atoms with Crippen LogP contribution in [0.25, 0.3) is 0 Å². The Kier molecular flexibility index (Phi) is 5.35. The van der Waals surface area contributed by atoms with Crippen LogP contribution in [0.2, 0.25) is 0 Å². The van der Waals surface area contributed by atoms with E-state index in [4.69, 9.17) is 9.52 Å². The van der Waals surface area contributed by atoms with E-state index in [1.807, 2.05) is 0 Å². The molecule has 2 N–H and O–H groups in total. The number of aryl methyl sites for hydroxylation is 1. The highest BCUT2D eigenvalue weighted by Crippen LogP contribution is 2.20. The molecule has 1 atom stereocenters. The topological polar surface area (TPSA) is 96.6 Å². The first-order valence-corrected chi connectivity index (χ1v) is 7.98. The number of nitrogens with one attached hydrogen (secondary N) is 1. The fourth-order valence-electron chi connectivity index (χ4n) is 1.81. The Hall–Kier alpha value is -1.34. The molecule has 1 heterocycles. The van der Waals surface area contributed by atoms with Crippen LogP contribution in [0.5, 0.6) is 0 Å². The summed E-state index contributed by atoms with van der Waals surface area (Å²) in [6, 6.07) is 0.819. The molecule has 1 rings (SSSR count). The van der Waals surface area contributed by atoms with Crippen LogP contribution in [0, 0.1) is 12.8 Å². The average molecular weight is 303 g/mol. The van der Waals surface area contributed by atoms with Crippen LogP contribution in [0.1, 0.15) is 49.9 Å². The van der Waals surface area contributed by atoms with Gasteiger partial charge in [0.1, 0.15) is 10.7 Å². The minimum Gasteiger partial charge on any atom is -0.475 e. The number of sulfonamides is 1. The highest BCUT2D eigenvalue weighted by molar-refractivity contribution is 7.89. The van der Waals surface area contributed by atoms with Gasteiger partial charge in [-0.2, -0.15) is 0 Å². The lowest BCUT2D eigenvalue weighted by Crippen LogP contribution is -2.32. The number of rotatable bonds is 7. The molecule has 20 heavy (non-hydrogen) atoms. The van der Waals surface area contributed by atoms with Gasteiger partial charge < -0.3 is 9.52 Å². The molecular weight excluding hydrogens is 282 g/mol. The van der Waals surface area contributed by atoms with Gasteiger partial charge in [-0.05, 0) is 32.6 Å². The Balaban J connectivity index is 2.86. The van der Waals surface area contributed by atoms with E-state index in [2.05, 4.69) is 18.6 Å². The first-order chi connectivity index (χ1) is 9.13. The molecular formula is C13H21NO5S. The molecule has 0 fully saturated rings. The standard InChI is InChI=1S/C13H21NO5S/c1-8(2)5-6-9(3)14-20(17,18)12-7-11(13(15)16)19-10(12)4/h7-9,14H,5-6H2,1-4H3,(H,15,16). The van der Waals surface area contributed by atoms with Crippen LogP contribution in [0.15, 0.2) is 15.4 Å². The minimum atomic E-state index is -3.76. The van der Waals surface area contributed by atoms with Crippen molar-refractivity contribution in [3.63, 3.8) is 0 Å². The quantitative estimate of drug-likeness (QED) is 0.806. The molecule has 7 heteroatoms. The Morgan fingerprint density at radius 1 is 1.35 bits per heavy atom. The zero-order valence-electron chi connectivity index (χ0n) is 12.1. The number of hydrogen-bond donors (Lipinski definition) is 2. The lowest BCUT2D eigenvalue weighted by Gasteiger charge is -2.14. The van der Waals surface area contributed by atoms with Crippen LogP contribution >= 0.6 is 0 Å². The molecule has 0 aromatic carbocycles. The van der Waals surface area contributed by atoms with Gasteiger partial charge in [0.25, 0.3) is 0 Å². The minimum absolute atomic E-state index is 0.0750. The maximum absolute atomic E-state index is 12.2. The second-order valence-electron chi connectivity index (χ2n) is 5.33. The van der Waals surface area contributed by atoms with E-state index in [1.54, 1.807) is 6.92 Å². The monoisotopic (exact) mass is 303 g/mol. The van der Waals surface area contributed by atoms with E-state index in [0.717, 1.165) is 18.9 Å². The highest BCUT2D eigenvalue weighted by Gasteiger charge is 2.25. The third kappa shape index (κ3) is 4.35. The normalized spacial score (nSPS) is 13.7. The maximum Gasteiger partial charge on any atom is 0.371 e. The largest absolute Gasteiger partial charge is 0.475 e. The Morgan fingerprint density at radius 2 is 1.95 bits per heavy atom. The van der Waals surface area contributed by atoms with Crippen LogP contribution in [-0.4, -0.2) is 25.5 Å². The summed E-state index contributed by atoms with van der Waals surface area (Å²) >= 11 is 0. The van der Waals surface area contributed by atoms with Gasteiger partial charge in [-0.25, -0.2) is 17.9 Å². The molecule has 1 unspecified atom stereocenters. The van der Waals surface area contributed by atoms with Crippen molar-refractivity contribution in [3.05, 3.63) is 17.6 Å². The maximum atomic E-state index is 12.2. The van der Waals surface area contributed by atoms with Gasteiger partial charge in [0.15, 0.2) is 0 Å². The molecule has 0 aliphatic rings. The number of carbonyl (C=O) groups is 1. The van der Waals surface area contributed by atoms with Crippen molar-refractivity contribution in [3.8, 4) is 0 Å². The Bertz CT molecular complexity index is 574. The first-order valence-electron chi connectivity index (χ1n) is 6.49. The molecule has 0 radical (unpaired) electrons. The van der Waals surface area contributed by atoms with Crippen LogP contribution in [0.4, 0.5) is 0 Å². The van der Waals surface area contributed by atoms with Crippen molar-refractivity contribution in [2.45, 2.75) is 51.5 Å². The number of carboxylic acid groups (broad SMARTS) is 1. The molecule has 1 aromatic rings. The van der Waals surface area contributed by atoms with Crippen LogP contribution in [-0.2, 0) is 10.0 Å². The van der Waals surface area contributed by atoms with Gasteiger partial charge in [-0.3, -0.25) is 0 Å². The van der Waals surface area contributed by atoms with Crippen molar-refractivity contribution < 1.29 is 22.7 Å². The van der Waals surface area contributed by atoms with Crippen LogP contribution in [0.3, 0.4) is 0 Å². The molecule has 114 valence electrons. The van der Waals surface area contributed by atoms with Crippen molar-refractivity contribution in [2.24, 2.45) is 5.92 Å². The summed E-state index contributed by atoms with van der Waals surface area (Å²) < 4.78 is 31.8. The third-order valence-electron chi connectivity index (χ3n) is 2.91. The van der Waals surface area contributed by atoms with Gasteiger partial charge in [0.05, 0.1) is 0 Å². The highest BCUT2D eigenvalue weighted by atomic mass is 32.2. The molecule has 1 aromatic heterocycles. The predicted octanol–water partition coefficient (Wildman–Crippen LogP) is 2.39. The summed E-state index contributed by atoms with van der Waals surface area (Å²) in [5, 5.41) is 8.81. The van der Waals surface area contributed by atoms with Gasteiger partial charge in [0, 0.05) is 12.1 Å². The summed E-state index contributed by atoms with van der Waals surface area (Å²) in [6.45, 7) is 7.36. The van der Waals surface area contributed by atoms with Gasteiger partial charge in [-0.15, -0.1) is 0 Å². The van der Waals surface area contributed by atoms with Crippen LogP contribution < -0.4 is 4.72 Å². The van der Waals surface area contributed by atoms with Gasteiger partial charge in [-0.1, -0.05) is 13.8 Å². The fraction of sp³-hybridized carbons (Fsp3) is 0.615. The number of furan rings is 1. The second kappa shape index (κ2) is 6.41. The fourth-order valence-corrected chi connectivity index (χ4v) is 3.27. The molecule has 0 spiro atoms. The molecule has 0 bridgehead atoms. The summed E-state index contributed by atoms with van der Waals surface area (Å²) in [5.74, 6) is -1.10. The number of carboxylic acids is 1. The summed E-state index contributed by atoms with van der Waals surface area (Å²) in [4.78, 5) is 10.7. The molecule has 0 amide bonds. The van der Waals surface area contributed by atoms with E-state index < -0.39 is 16.0 Å². The lowest BCUT2D eigenvalue weighted by molar-refractivity contribution is 0.0661. The molecule has 0 aliphatic heterocycles. The third-order valence-corrected chi connectivity index (χ3v) is 4.60. The van der Waals surface area contributed by atoms with Crippen molar-refractivity contribution in [1.29, 1.82) is 0 Å². The molecule has 0 aliphatic carbocycles. The summed E-state index contributed by atoms with van der Waals surface area (Å²) in [5.41, 5.74) is 0. The van der Waals surface area contributed by atoms with E-state index in [0.29, 0.717) is 5.92 Å². The van der Waals surface area contributed by atoms with Crippen molar-refractivity contribution in [2.75, 3.05) is 0 Å². The molecule has 0 saturated heterocycles. The second-order valence-corrected chi connectivity index (χ2v) is 7.01. The predicted molar refractivity (Wildman–Crippen MR) is 74.3 cm³/mol. The van der Waals surface area contributed by atoms with Gasteiger partial charge >= 0.3 is 5.97 Å². The summed E-state index contributed by atoms with van der Waals surface area (Å²) in [7, 11) is -3.76. The SMILES string of the molecule is Cc1oc(C(=O)O)cc1S(=O)(=O)NC(C)CCC(C)C. The van der Waals surface area contributed by atoms with E-state index in [1.165, 1.54) is 6.92 Å². The van der Waals surface area contributed by atoms with Gasteiger partial charge in [0.2, 0.25) is 15.8 Å². The average Bonchev–Trinajstić information content (AvgIpc) is 2.69. The van der Waals surface area contributed by atoms with Crippen molar-refractivity contribution in [1.82, 2.24) is 4.72 Å². The number of hydrogen-bond acceptors (Lipinski definition) is 4. The van der Waals surface area contributed by atoms with E-state index >= 15 is 0 Å². The Labute approximate surface area is 119 Å². The zero-order chi connectivity index (χ0) is 15.5. The number of aromatic carboxylic acids is 1. The Morgan fingerprint density at radius 3 is 2.40 bits per heavy atom. The summed E-state index contributed by atoms with van der Waals surface area (Å²) in [6.07, 6.45) is 1.63. The first kappa shape index (κ1) is 16.7. The van der Waals surface area contributed by atoms with Crippen molar-refractivity contribution >= 4 is 16.0 Å². The van der Waals surface area contributed by atoms with E-state index in [-0.39, 0.29) is 22.5 Å². The zero-order valence-corrected chi connectivity index (χ0v) is 13.0.